The summed E-state index contributed by atoms with van der Waals surface area (Å²) in [4.78, 5) is 14.4. The summed E-state index contributed by atoms with van der Waals surface area (Å²) in [5.41, 5.74) is 0. The van der Waals surface area contributed by atoms with Gasteiger partial charge in [-0.1, -0.05) is 0 Å². The second kappa shape index (κ2) is 21.6. The van der Waals surface area contributed by atoms with Gasteiger partial charge < -0.3 is 51.3 Å². The SMILES string of the molecule is CN1CCN(C)CCN(C)CC1.CN1CCN(C)CCN(C)CC1.F[P-](F)(F)(F)(F)F.F[P-](F)(F)(F)(F)F.O.O.O.O.[Mn+3].[Mn+3]. The molecule has 44 heavy (non-hydrogen) atoms. The molecule has 0 amide bonds. The van der Waals surface area contributed by atoms with Crippen molar-refractivity contribution in [1.29, 1.82) is 0 Å². The average Bonchev–Trinajstić information content (AvgIpc) is 2.76. The predicted molar refractivity (Wildman–Crippen MR) is 147 cm³/mol. The van der Waals surface area contributed by atoms with Crippen molar-refractivity contribution in [1.82, 2.24) is 29.4 Å². The summed E-state index contributed by atoms with van der Waals surface area (Å²) in [6.45, 7) is 14.4. The van der Waals surface area contributed by atoms with Crippen molar-refractivity contribution < 1.29 is 106 Å². The van der Waals surface area contributed by atoms with Crippen LogP contribution >= 0.6 is 15.6 Å². The maximum atomic E-state index is 9.87. The molecule has 2 rings (SSSR count). The molecule has 2 aliphatic heterocycles. The van der Waals surface area contributed by atoms with E-state index >= 15 is 0 Å². The van der Waals surface area contributed by atoms with E-state index < -0.39 is 15.6 Å². The largest absolute Gasteiger partial charge is 3.00 e. The van der Waals surface area contributed by atoms with Crippen LogP contribution in [0.5, 0.6) is 0 Å². The van der Waals surface area contributed by atoms with E-state index in [-0.39, 0.29) is 56.0 Å². The minimum atomic E-state index is -10.7. The first-order valence-corrected chi connectivity index (χ1v) is 15.6. The molecule has 0 radical (unpaired) electrons. The molecule has 0 bridgehead atoms. The molecule has 0 aromatic carbocycles. The van der Waals surface area contributed by atoms with E-state index in [1.165, 1.54) is 78.5 Å². The van der Waals surface area contributed by atoms with Crippen molar-refractivity contribution in [3.8, 4) is 0 Å². The number of halogens is 12. The van der Waals surface area contributed by atoms with Gasteiger partial charge in [-0.15, -0.1) is 0 Å². The Hall–Kier alpha value is 0.659. The topological polar surface area (TPSA) is 145 Å². The summed E-state index contributed by atoms with van der Waals surface area (Å²) in [5.74, 6) is 0. The second-order valence-corrected chi connectivity index (χ2v) is 13.6. The summed E-state index contributed by atoms with van der Waals surface area (Å²) in [7, 11) is -8.11. The Morgan fingerprint density at radius 3 is 0.364 bits per heavy atom. The summed E-state index contributed by atoms with van der Waals surface area (Å²) in [6.07, 6.45) is 0. The molecule has 2 fully saturated rings. The third-order valence-electron chi connectivity index (χ3n) is 5.18. The molecule has 0 unspecified atom stereocenters. The Labute approximate surface area is 272 Å². The molecule has 280 valence electrons. The molecule has 0 aliphatic carbocycles. The van der Waals surface area contributed by atoms with Crippen LogP contribution in [0.15, 0.2) is 0 Å². The van der Waals surface area contributed by atoms with Crippen molar-refractivity contribution in [3.63, 3.8) is 0 Å². The number of hydrogen-bond donors (Lipinski definition) is 0. The van der Waals surface area contributed by atoms with E-state index in [0.29, 0.717) is 0 Å². The maximum Gasteiger partial charge on any atom is 3.00 e. The van der Waals surface area contributed by atoms with Gasteiger partial charge in [0.25, 0.3) is 0 Å². The van der Waals surface area contributed by atoms with E-state index in [1.807, 2.05) is 0 Å². The van der Waals surface area contributed by atoms with Crippen LogP contribution in [0.2, 0.25) is 0 Å². The van der Waals surface area contributed by atoms with E-state index in [9.17, 15) is 50.4 Å². The zero-order valence-electron chi connectivity index (χ0n) is 25.4. The number of hydrogen-bond acceptors (Lipinski definition) is 6. The van der Waals surface area contributed by atoms with Gasteiger partial charge in [0.05, 0.1) is 0 Å². The van der Waals surface area contributed by atoms with Crippen LogP contribution in [0.4, 0.5) is 50.4 Å². The van der Waals surface area contributed by atoms with Crippen molar-refractivity contribution in [2.45, 2.75) is 0 Å². The minimum Gasteiger partial charge on any atom is -0.412 e. The van der Waals surface area contributed by atoms with E-state index in [2.05, 4.69) is 71.7 Å². The number of likely N-dealkylation sites (N-methyl/N-ethyl adjacent to an activating group) is 6. The van der Waals surface area contributed by atoms with Crippen molar-refractivity contribution in [2.24, 2.45) is 0 Å². The molecule has 2 saturated heterocycles. The van der Waals surface area contributed by atoms with Crippen LogP contribution in [0, 0.1) is 0 Å². The molecule has 8 N–H and O–H groups in total. The van der Waals surface area contributed by atoms with Crippen LogP contribution in [0.3, 0.4) is 0 Å². The normalized spacial score (nSPS) is 21.7. The molecule has 26 heteroatoms. The van der Waals surface area contributed by atoms with Gasteiger partial charge in [0.2, 0.25) is 0 Å². The molecular weight excluding hydrogens is 764 g/mol. The van der Waals surface area contributed by atoms with Crippen molar-refractivity contribution >= 4 is 15.6 Å². The monoisotopic (exact) mass is 814 g/mol. The first-order chi connectivity index (χ1) is 16.3. The van der Waals surface area contributed by atoms with Gasteiger partial charge in [-0.3, -0.25) is 0 Å². The van der Waals surface area contributed by atoms with Gasteiger partial charge in [0, 0.05) is 78.5 Å². The van der Waals surface area contributed by atoms with Gasteiger partial charge in [-0.25, -0.2) is 0 Å². The van der Waals surface area contributed by atoms with Crippen molar-refractivity contribution in [3.05, 3.63) is 0 Å². The van der Waals surface area contributed by atoms with Gasteiger partial charge >= 0.3 is 100 Å². The minimum absolute atomic E-state index is 0. The number of rotatable bonds is 0. The molecule has 0 atom stereocenters. The van der Waals surface area contributed by atoms with Crippen molar-refractivity contribution in [2.75, 3.05) is 121 Å². The average molecular weight is 814 g/mol. The third kappa shape index (κ3) is 78.8. The molecule has 0 spiro atoms. The van der Waals surface area contributed by atoms with Crippen LogP contribution in [-0.2, 0) is 34.1 Å². The summed E-state index contributed by atoms with van der Waals surface area (Å²) in [5, 5.41) is 0. The Morgan fingerprint density at radius 2 is 0.318 bits per heavy atom. The fourth-order valence-electron chi connectivity index (χ4n) is 2.72. The Morgan fingerprint density at radius 1 is 0.273 bits per heavy atom. The molecule has 2 heterocycles. The fraction of sp³-hybridized carbons (Fsp3) is 1.00. The van der Waals surface area contributed by atoms with Gasteiger partial charge in [0.15, 0.2) is 0 Å². The smallest absolute Gasteiger partial charge is 0.412 e. The zero-order chi connectivity index (χ0) is 30.8. The third-order valence-corrected chi connectivity index (χ3v) is 5.18. The first kappa shape index (κ1) is 63.3. The maximum absolute atomic E-state index is 10.7. The second-order valence-electron chi connectivity index (χ2n) is 9.74. The first-order valence-electron chi connectivity index (χ1n) is 11.5. The Kier molecular flexibility index (Phi) is 31.1. The fourth-order valence-corrected chi connectivity index (χ4v) is 2.72. The Balaban J connectivity index is -0.0000000645. The molecule has 0 aromatic heterocycles. The predicted octanol–water partition coefficient (Wildman–Crippen LogP) is 3.05. The summed E-state index contributed by atoms with van der Waals surface area (Å²) in [6, 6.07) is 0. The van der Waals surface area contributed by atoms with Crippen LogP contribution < -0.4 is 0 Å². The van der Waals surface area contributed by atoms with Gasteiger partial charge in [-0.2, -0.15) is 0 Å². The van der Waals surface area contributed by atoms with Crippen LogP contribution in [0.1, 0.15) is 0 Å². The number of nitrogens with zero attached hydrogens (tertiary/aromatic N) is 6. The molecule has 2 aliphatic rings. The quantitative estimate of drug-likeness (QED) is 0.209. The standard InChI is InChI=1S/2C9H21N3.2F6P.2Mn.4H2O/c2*1-10-4-6-11(2)8-9-12(3)7-5-10;2*1-7(2,3,4,5)6;;;;;;/h2*4-9H2,1-3H3;;;;;4*1H2/q;;2*-1;2*+3;;;;. The van der Waals surface area contributed by atoms with E-state index in [4.69, 9.17) is 0 Å². The zero-order valence-corrected chi connectivity index (χ0v) is 29.5. The van der Waals surface area contributed by atoms with Gasteiger partial charge in [-0.05, 0) is 42.3 Å². The van der Waals surface area contributed by atoms with E-state index in [0.717, 1.165) is 0 Å². The van der Waals surface area contributed by atoms with Gasteiger partial charge in [0.1, 0.15) is 0 Å². The van der Waals surface area contributed by atoms with Crippen LogP contribution in [-0.4, -0.2) is 172 Å². The molecule has 0 saturated carbocycles. The molecule has 10 nitrogen and oxygen atoms in total. The summed E-state index contributed by atoms with van der Waals surface area (Å²) < 4.78 is 118. The molecular formula is C18H50F12Mn2N6O4P2+4. The Bertz CT molecular complexity index is 555. The van der Waals surface area contributed by atoms with Crippen LogP contribution in [0.25, 0.3) is 0 Å². The van der Waals surface area contributed by atoms with E-state index in [1.54, 1.807) is 0 Å². The molecule has 0 aromatic rings. The summed E-state index contributed by atoms with van der Waals surface area (Å²) >= 11 is 0.